The van der Waals surface area contributed by atoms with Gasteiger partial charge in [-0.1, -0.05) is 11.6 Å². The SMILES string of the molecule is CCOc1cc(/C=C2\SC(=O)N(Cc3cc4c(cc3Cl)OCO4)C2=O)cc(I)c1OCC(=O)O. The fourth-order valence-electron chi connectivity index (χ4n) is 3.25. The number of thioether (sulfide) groups is 1. The quantitative estimate of drug-likeness (QED) is 0.331. The number of hydrogen-bond acceptors (Lipinski definition) is 8. The van der Waals surface area contributed by atoms with Crippen LogP contribution in [0.1, 0.15) is 18.1 Å². The Kier molecular flexibility index (Phi) is 7.43. The third kappa shape index (κ3) is 5.20. The first kappa shape index (κ1) is 24.5. The molecule has 2 aliphatic heterocycles. The lowest BCUT2D eigenvalue weighted by Gasteiger charge is -2.14. The second kappa shape index (κ2) is 10.3. The number of rotatable bonds is 8. The van der Waals surface area contributed by atoms with E-state index in [0.29, 0.717) is 49.3 Å². The van der Waals surface area contributed by atoms with Crippen LogP contribution in [0.3, 0.4) is 0 Å². The molecule has 2 amide bonds. The Labute approximate surface area is 217 Å². The van der Waals surface area contributed by atoms with Gasteiger partial charge in [0.05, 0.1) is 21.6 Å². The number of aliphatic carboxylic acids is 1. The molecule has 2 aromatic rings. The molecule has 9 nitrogen and oxygen atoms in total. The van der Waals surface area contributed by atoms with E-state index in [2.05, 4.69) is 0 Å². The molecule has 34 heavy (non-hydrogen) atoms. The van der Waals surface area contributed by atoms with Gasteiger partial charge in [-0.25, -0.2) is 4.79 Å². The topological polar surface area (TPSA) is 112 Å². The summed E-state index contributed by atoms with van der Waals surface area (Å²) < 4.78 is 22.2. The standard InChI is InChI=1S/C22H17ClINO8S/c1-2-30-17-4-11(3-14(24)20(17)31-9-19(26)27)5-18-21(28)25(22(29)34-18)8-12-6-15-16(7-13(12)23)33-10-32-15/h3-7H,2,8-10H2,1H3,(H,26,27)/b18-5-. The molecule has 0 unspecified atom stereocenters. The Hall–Kier alpha value is -2.64. The van der Waals surface area contributed by atoms with Gasteiger partial charge in [-0.15, -0.1) is 0 Å². The van der Waals surface area contributed by atoms with E-state index in [4.69, 9.17) is 35.7 Å². The van der Waals surface area contributed by atoms with E-state index in [1.165, 1.54) is 0 Å². The van der Waals surface area contributed by atoms with Gasteiger partial charge in [-0.05, 0) is 76.7 Å². The summed E-state index contributed by atoms with van der Waals surface area (Å²) in [6, 6.07) is 6.60. The molecular weight excluding hydrogens is 601 g/mol. The molecule has 2 heterocycles. The lowest BCUT2D eigenvalue weighted by molar-refractivity contribution is -0.139. The number of fused-ring (bicyclic) bond motifs is 1. The van der Waals surface area contributed by atoms with Gasteiger partial charge >= 0.3 is 5.97 Å². The third-order valence-corrected chi connectivity index (χ3v) is 6.77. The van der Waals surface area contributed by atoms with Crippen LogP contribution in [0.4, 0.5) is 4.79 Å². The van der Waals surface area contributed by atoms with Crippen LogP contribution in [0.5, 0.6) is 23.0 Å². The van der Waals surface area contributed by atoms with Gasteiger partial charge in [-0.3, -0.25) is 14.5 Å². The minimum absolute atomic E-state index is 0.0127. The van der Waals surface area contributed by atoms with Gasteiger partial charge in [0.25, 0.3) is 11.1 Å². The molecule has 2 aliphatic rings. The number of halogens is 2. The fraction of sp³-hybridized carbons (Fsp3) is 0.227. The van der Waals surface area contributed by atoms with E-state index in [1.807, 2.05) is 22.6 Å². The van der Waals surface area contributed by atoms with Crippen molar-refractivity contribution >= 4 is 69.1 Å². The summed E-state index contributed by atoms with van der Waals surface area (Å²) in [5.41, 5.74) is 1.16. The molecule has 1 fully saturated rings. The maximum Gasteiger partial charge on any atom is 0.341 e. The zero-order valence-corrected chi connectivity index (χ0v) is 21.4. The summed E-state index contributed by atoms with van der Waals surface area (Å²) in [6.45, 7) is 1.67. The third-order valence-electron chi connectivity index (χ3n) is 4.71. The van der Waals surface area contributed by atoms with E-state index in [0.717, 1.165) is 16.7 Å². The molecule has 12 heteroatoms. The maximum atomic E-state index is 13.0. The molecule has 0 bridgehead atoms. The molecule has 0 spiro atoms. The van der Waals surface area contributed by atoms with Crippen molar-refractivity contribution in [2.24, 2.45) is 0 Å². The minimum Gasteiger partial charge on any atom is -0.490 e. The molecule has 1 N–H and O–H groups in total. The highest BCUT2D eigenvalue weighted by Crippen LogP contribution is 2.40. The highest BCUT2D eigenvalue weighted by Gasteiger charge is 2.36. The van der Waals surface area contributed by atoms with Gasteiger partial charge in [0.1, 0.15) is 0 Å². The first-order chi connectivity index (χ1) is 16.3. The summed E-state index contributed by atoms with van der Waals surface area (Å²) >= 11 is 9.12. The van der Waals surface area contributed by atoms with Crippen molar-refractivity contribution in [3.05, 3.63) is 48.9 Å². The van der Waals surface area contributed by atoms with Crippen LogP contribution in [-0.2, 0) is 16.1 Å². The van der Waals surface area contributed by atoms with Crippen LogP contribution in [-0.4, -0.2) is 47.1 Å². The van der Waals surface area contributed by atoms with Gasteiger partial charge < -0.3 is 24.1 Å². The molecule has 0 radical (unpaired) electrons. The highest BCUT2D eigenvalue weighted by molar-refractivity contribution is 14.1. The smallest absolute Gasteiger partial charge is 0.341 e. The predicted molar refractivity (Wildman–Crippen MR) is 133 cm³/mol. The fourth-order valence-corrected chi connectivity index (χ4v) is 5.08. The molecule has 2 aromatic carbocycles. The lowest BCUT2D eigenvalue weighted by atomic mass is 10.1. The van der Waals surface area contributed by atoms with Gasteiger partial charge in [-0.2, -0.15) is 0 Å². The highest BCUT2D eigenvalue weighted by atomic mass is 127. The number of amides is 2. The van der Waals surface area contributed by atoms with Crippen molar-refractivity contribution < 1.29 is 38.4 Å². The molecule has 0 saturated carbocycles. The molecule has 0 aromatic heterocycles. The van der Waals surface area contributed by atoms with Crippen LogP contribution in [0, 0.1) is 3.57 Å². The first-order valence-electron chi connectivity index (χ1n) is 9.91. The summed E-state index contributed by atoms with van der Waals surface area (Å²) in [5.74, 6) is 0.0886. The second-order valence-corrected chi connectivity index (χ2v) is 9.57. The van der Waals surface area contributed by atoms with Crippen molar-refractivity contribution in [1.82, 2.24) is 4.90 Å². The van der Waals surface area contributed by atoms with Gasteiger partial charge in [0, 0.05) is 11.1 Å². The van der Waals surface area contributed by atoms with Crippen molar-refractivity contribution in [3.8, 4) is 23.0 Å². The van der Waals surface area contributed by atoms with E-state index >= 15 is 0 Å². The predicted octanol–water partition coefficient (Wildman–Crippen LogP) is 4.77. The number of carboxylic acids is 1. The van der Waals surface area contributed by atoms with E-state index in [9.17, 15) is 14.4 Å². The van der Waals surface area contributed by atoms with Crippen molar-refractivity contribution in [3.63, 3.8) is 0 Å². The molecule has 178 valence electrons. The molecular formula is C22H17ClINO8S. The Bertz CT molecular complexity index is 1220. The van der Waals surface area contributed by atoms with Crippen molar-refractivity contribution in [2.45, 2.75) is 13.5 Å². The minimum atomic E-state index is -1.11. The Morgan fingerprint density at radius 3 is 2.68 bits per heavy atom. The molecule has 0 atom stereocenters. The molecule has 0 aliphatic carbocycles. The first-order valence-corrected chi connectivity index (χ1v) is 12.2. The maximum absolute atomic E-state index is 13.0. The van der Waals surface area contributed by atoms with E-state index in [-0.39, 0.29) is 18.2 Å². The Morgan fingerprint density at radius 2 is 1.97 bits per heavy atom. The van der Waals surface area contributed by atoms with Crippen molar-refractivity contribution in [2.75, 3.05) is 20.0 Å². The van der Waals surface area contributed by atoms with Gasteiger partial charge in [0.15, 0.2) is 29.6 Å². The zero-order valence-electron chi connectivity index (χ0n) is 17.6. The van der Waals surface area contributed by atoms with Crippen LogP contribution >= 0.6 is 46.0 Å². The number of hydrogen-bond donors (Lipinski definition) is 1. The van der Waals surface area contributed by atoms with Crippen LogP contribution in [0.2, 0.25) is 5.02 Å². The molecule has 4 rings (SSSR count). The van der Waals surface area contributed by atoms with E-state index in [1.54, 1.807) is 37.3 Å². The normalized spacial score (nSPS) is 15.9. The van der Waals surface area contributed by atoms with Crippen LogP contribution in [0.15, 0.2) is 29.2 Å². The summed E-state index contributed by atoms with van der Waals surface area (Å²) in [6.07, 6.45) is 1.58. The zero-order chi connectivity index (χ0) is 24.4. The van der Waals surface area contributed by atoms with Crippen LogP contribution in [0.25, 0.3) is 6.08 Å². The molecule has 1 saturated heterocycles. The Morgan fingerprint density at radius 1 is 1.24 bits per heavy atom. The number of carbonyl (C=O) groups is 3. The summed E-state index contributed by atoms with van der Waals surface area (Å²) in [5, 5.41) is 8.84. The number of nitrogens with zero attached hydrogens (tertiary/aromatic N) is 1. The lowest BCUT2D eigenvalue weighted by Crippen LogP contribution is -2.27. The number of carbonyl (C=O) groups excluding carboxylic acids is 2. The largest absolute Gasteiger partial charge is 0.490 e. The van der Waals surface area contributed by atoms with Crippen molar-refractivity contribution in [1.29, 1.82) is 0 Å². The van der Waals surface area contributed by atoms with Crippen LogP contribution < -0.4 is 18.9 Å². The average Bonchev–Trinajstić information content (AvgIpc) is 3.32. The number of ether oxygens (including phenoxy) is 4. The summed E-state index contributed by atoms with van der Waals surface area (Å²) in [7, 11) is 0. The van der Waals surface area contributed by atoms with E-state index < -0.39 is 23.7 Å². The number of imide groups is 1. The second-order valence-electron chi connectivity index (χ2n) is 7.01. The summed E-state index contributed by atoms with van der Waals surface area (Å²) in [4.78, 5) is 37.8. The Balaban J connectivity index is 1.58. The number of carboxylic acid groups (broad SMARTS) is 1. The monoisotopic (exact) mass is 617 g/mol. The number of benzene rings is 2. The van der Waals surface area contributed by atoms with Gasteiger partial charge in [0.2, 0.25) is 6.79 Å². The average molecular weight is 618 g/mol.